The van der Waals surface area contributed by atoms with Gasteiger partial charge in [-0.1, -0.05) is 41.9 Å². The molecule has 0 atom stereocenters. The van der Waals surface area contributed by atoms with Gasteiger partial charge in [0.15, 0.2) is 0 Å². The summed E-state index contributed by atoms with van der Waals surface area (Å²) < 4.78 is 13.9. The summed E-state index contributed by atoms with van der Waals surface area (Å²) >= 11 is 7.72. The molecule has 2 nitrogen and oxygen atoms in total. The van der Waals surface area contributed by atoms with Crippen LogP contribution in [0.25, 0.3) is 10.1 Å². The number of carbonyl (C=O) groups excluding carboxylic acids is 1. The van der Waals surface area contributed by atoms with E-state index in [-0.39, 0.29) is 11.7 Å². The van der Waals surface area contributed by atoms with E-state index < -0.39 is 0 Å². The Labute approximate surface area is 136 Å². The summed E-state index contributed by atoms with van der Waals surface area (Å²) in [7, 11) is 1.71. The normalized spacial score (nSPS) is 10.9. The molecule has 5 heteroatoms. The zero-order valence-electron chi connectivity index (χ0n) is 11.8. The average Bonchev–Trinajstić information content (AvgIpc) is 2.86. The lowest BCUT2D eigenvalue weighted by atomic mass is 10.2. The first-order valence-corrected chi connectivity index (χ1v) is 7.92. The fourth-order valence-electron chi connectivity index (χ4n) is 2.26. The van der Waals surface area contributed by atoms with E-state index in [0.29, 0.717) is 16.4 Å². The van der Waals surface area contributed by atoms with E-state index in [9.17, 15) is 9.18 Å². The van der Waals surface area contributed by atoms with Crippen LogP contribution < -0.4 is 0 Å². The number of carbonyl (C=O) groups is 1. The molecule has 1 aromatic heterocycles. The highest BCUT2D eigenvalue weighted by Gasteiger charge is 2.20. The highest BCUT2D eigenvalue weighted by Crippen LogP contribution is 2.35. The lowest BCUT2D eigenvalue weighted by Gasteiger charge is -2.16. The molecule has 0 fully saturated rings. The molecule has 0 aliphatic heterocycles. The predicted molar refractivity (Wildman–Crippen MR) is 89.0 cm³/mol. The van der Waals surface area contributed by atoms with Crippen LogP contribution in [0.4, 0.5) is 4.39 Å². The number of nitrogens with zero attached hydrogens (tertiary/aromatic N) is 1. The largest absolute Gasteiger partial charge is 0.337 e. The molecule has 1 heterocycles. The summed E-state index contributed by atoms with van der Waals surface area (Å²) in [6.07, 6.45) is 0. The molecule has 0 spiro atoms. The van der Waals surface area contributed by atoms with Crippen LogP contribution in [0.2, 0.25) is 5.02 Å². The molecule has 22 heavy (non-hydrogen) atoms. The van der Waals surface area contributed by atoms with Gasteiger partial charge in [-0.3, -0.25) is 4.79 Å². The van der Waals surface area contributed by atoms with E-state index >= 15 is 0 Å². The van der Waals surface area contributed by atoms with Gasteiger partial charge in [0.2, 0.25) is 0 Å². The average molecular weight is 334 g/mol. The predicted octanol–water partition coefficient (Wildman–Crippen LogP) is 4.97. The second-order valence-electron chi connectivity index (χ2n) is 5.03. The number of benzene rings is 2. The van der Waals surface area contributed by atoms with Crippen LogP contribution in [0.15, 0.2) is 48.5 Å². The van der Waals surface area contributed by atoms with E-state index in [4.69, 9.17) is 11.6 Å². The Kier molecular flexibility index (Phi) is 4.14. The first kappa shape index (κ1) is 15.0. The first-order chi connectivity index (χ1) is 10.6. The summed E-state index contributed by atoms with van der Waals surface area (Å²) in [6.45, 7) is 0.406. The molecule has 0 aliphatic rings. The minimum atomic E-state index is -0.287. The molecule has 0 N–H and O–H groups in total. The summed E-state index contributed by atoms with van der Waals surface area (Å²) in [6, 6.07) is 13.8. The Morgan fingerprint density at radius 1 is 1.18 bits per heavy atom. The van der Waals surface area contributed by atoms with Gasteiger partial charge in [0.25, 0.3) is 5.91 Å². The van der Waals surface area contributed by atoms with Gasteiger partial charge in [-0.15, -0.1) is 11.3 Å². The Hall–Kier alpha value is -1.91. The summed E-state index contributed by atoms with van der Waals surface area (Å²) in [5.41, 5.74) is 0.870. The van der Waals surface area contributed by atoms with Gasteiger partial charge in [-0.05, 0) is 23.8 Å². The second kappa shape index (κ2) is 6.07. The van der Waals surface area contributed by atoms with E-state index in [0.717, 1.165) is 15.6 Å². The van der Waals surface area contributed by atoms with Crippen molar-refractivity contribution in [2.24, 2.45) is 0 Å². The van der Waals surface area contributed by atoms with Gasteiger partial charge in [0, 0.05) is 23.7 Å². The SMILES string of the molecule is CN(Cc1ccc(F)cc1)C(=O)c1sc2ccccc2c1Cl. The maximum absolute atomic E-state index is 12.9. The zero-order chi connectivity index (χ0) is 15.7. The van der Waals surface area contributed by atoms with Crippen molar-refractivity contribution in [2.75, 3.05) is 7.05 Å². The summed E-state index contributed by atoms with van der Waals surface area (Å²) in [5.74, 6) is -0.416. The molecule has 1 amide bonds. The molecule has 0 aliphatic carbocycles. The van der Waals surface area contributed by atoms with Gasteiger partial charge in [-0.2, -0.15) is 0 Å². The van der Waals surface area contributed by atoms with Crippen molar-refractivity contribution in [1.82, 2.24) is 4.90 Å². The van der Waals surface area contributed by atoms with Crippen LogP contribution in [-0.4, -0.2) is 17.9 Å². The molecule has 0 unspecified atom stereocenters. The zero-order valence-corrected chi connectivity index (χ0v) is 13.4. The Bertz CT molecular complexity index is 828. The number of fused-ring (bicyclic) bond motifs is 1. The van der Waals surface area contributed by atoms with Crippen molar-refractivity contribution < 1.29 is 9.18 Å². The minimum absolute atomic E-state index is 0.129. The fourth-order valence-corrected chi connectivity index (χ4v) is 3.77. The van der Waals surface area contributed by atoms with Crippen molar-refractivity contribution in [1.29, 1.82) is 0 Å². The monoisotopic (exact) mass is 333 g/mol. The molecule has 0 saturated heterocycles. The maximum Gasteiger partial charge on any atom is 0.265 e. The van der Waals surface area contributed by atoms with Gasteiger partial charge in [-0.25, -0.2) is 4.39 Å². The van der Waals surface area contributed by atoms with Crippen LogP contribution in [0.1, 0.15) is 15.2 Å². The van der Waals surface area contributed by atoms with Gasteiger partial charge >= 0.3 is 0 Å². The van der Waals surface area contributed by atoms with Crippen molar-refractivity contribution in [3.8, 4) is 0 Å². The third-order valence-corrected chi connectivity index (χ3v) is 5.07. The molecule has 112 valence electrons. The molecular weight excluding hydrogens is 321 g/mol. The van der Waals surface area contributed by atoms with Crippen molar-refractivity contribution >= 4 is 38.9 Å². The lowest BCUT2D eigenvalue weighted by Crippen LogP contribution is -2.25. The summed E-state index contributed by atoms with van der Waals surface area (Å²) in [5, 5.41) is 1.39. The van der Waals surface area contributed by atoms with E-state index in [1.807, 2.05) is 24.3 Å². The number of amides is 1. The number of hydrogen-bond donors (Lipinski definition) is 0. The van der Waals surface area contributed by atoms with Crippen LogP contribution >= 0.6 is 22.9 Å². The number of rotatable bonds is 3. The number of halogens is 2. The van der Waals surface area contributed by atoms with E-state index in [2.05, 4.69) is 0 Å². The van der Waals surface area contributed by atoms with Gasteiger partial charge in [0.05, 0.1) is 5.02 Å². The minimum Gasteiger partial charge on any atom is -0.337 e. The van der Waals surface area contributed by atoms with Crippen LogP contribution in [0.3, 0.4) is 0 Å². The van der Waals surface area contributed by atoms with Crippen molar-refractivity contribution in [2.45, 2.75) is 6.54 Å². The van der Waals surface area contributed by atoms with Crippen molar-refractivity contribution in [3.05, 3.63) is 69.8 Å². The maximum atomic E-state index is 12.9. The highest BCUT2D eigenvalue weighted by molar-refractivity contribution is 7.21. The Morgan fingerprint density at radius 3 is 2.55 bits per heavy atom. The van der Waals surface area contributed by atoms with Crippen LogP contribution in [0, 0.1) is 5.82 Å². The highest BCUT2D eigenvalue weighted by atomic mass is 35.5. The third-order valence-electron chi connectivity index (χ3n) is 3.41. The fraction of sp³-hybridized carbons (Fsp3) is 0.118. The molecule has 0 bridgehead atoms. The topological polar surface area (TPSA) is 20.3 Å². The van der Waals surface area contributed by atoms with Crippen LogP contribution in [0.5, 0.6) is 0 Å². The Morgan fingerprint density at radius 2 is 1.86 bits per heavy atom. The number of hydrogen-bond acceptors (Lipinski definition) is 2. The van der Waals surface area contributed by atoms with Gasteiger partial charge < -0.3 is 4.90 Å². The smallest absolute Gasteiger partial charge is 0.265 e. The van der Waals surface area contributed by atoms with Crippen LogP contribution in [-0.2, 0) is 6.54 Å². The summed E-state index contributed by atoms with van der Waals surface area (Å²) in [4.78, 5) is 14.7. The first-order valence-electron chi connectivity index (χ1n) is 6.73. The standard InChI is InChI=1S/C17H13ClFNOS/c1-20(10-11-6-8-12(19)9-7-11)17(21)16-15(18)13-4-2-3-5-14(13)22-16/h2-9H,10H2,1H3. The second-order valence-corrected chi connectivity index (χ2v) is 6.46. The quantitative estimate of drug-likeness (QED) is 0.663. The molecular formula is C17H13ClFNOS. The number of thiophene rings is 1. The van der Waals surface area contributed by atoms with Crippen molar-refractivity contribution in [3.63, 3.8) is 0 Å². The molecule has 0 radical (unpaired) electrons. The molecule has 2 aromatic carbocycles. The third kappa shape index (κ3) is 2.85. The van der Waals surface area contributed by atoms with E-state index in [1.54, 1.807) is 24.1 Å². The lowest BCUT2D eigenvalue weighted by molar-refractivity contribution is 0.0790. The van der Waals surface area contributed by atoms with E-state index in [1.165, 1.54) is 23.5 Å². The Balaban J connectivity index is 1.85. The molecule has 3 rings (SSSR count). The molecule has 0 saturated carbocycles. The van der Waals surface area contributed by atoms with Gasteiger partial charge in [0.1, 0.15) is 10.7 Å². The molecule has 3 aromatic rings.